The van der Waals surface area contributed by atoms with Gasteiger partial charge in [-0.3, -0.25) is 0 Å². The van der Waals surface area contributed by atoms with E-state index >= 15 is 0 Å². The van der Waals surface area contributed by atoms with Gasteiger partial charge >= 0.3 is 0 Å². The molecule has 3 nitrogen and oxygen atoms in total. The van der Waals surface area contributed by atoms with Crippen LogP contribution in [-0.4, -0.2) is 19.3 Å². The van der Waals surface area contributed by atoms with E-state index < -0.39 is 5.60 Å². The number of benzene rings is 1. The first-order chi connectivity index (χ1) is 8.67. The summed E-state index contributed by atoms with van der Waals surface area (Å²) in [5, 5.41) is 11.0. The predicted octanol–water partition coefficient (Wildman–Crippen LogP) is 2.71. The molecule has 2 saturated carbocycles. The lowest BCUT2D eigenvalue weighted by Crippen LogP contribution is -2.32. The second kappa shape index (κ2) is 4.16. The molecule has 0 spiro atoms. The van der Waals surface area contributed by atoms with Crippen molar-refractivity contribution in [2.24, 2.45) is 11.8 Å². The summed E-state index contributed by atoms with van der Waals surface area (Å²) in [6.07, 6.45) is 4.44. The van der Waals surface area contributed by atoms with Crippen LogP contribution in [0, 0.1) is 11.8 Å². The quantitative estimate of drug-likeness (QED) is 0.894. The normalized spacial score (nSPS) is 33.7. The molecule has 0 amide bonds. The van der Waals surface area contributed by atoms with Crippen LogP contribution in [0.4, 0.5) is 0 Å². The smallest absolute Gasteiger partial charge is 0.128 e. The fourth-order valence-corrected chi connectivity index (χ4v) is 3.79. The molecule has 2 bridgehead atoms. The van der Waals surface area contributed by atoms with Gasteiger partial charge in [-0.25, -0.2) is 0 Å². The molecular formula is C15H20O3. The third-order valence-electron chi connectivity index (χ3n) is 4.69. The lowest BCUT2D eigenvalue weighted by Gasteiger charge is -2.34. The maximum Gasteiger partial charge on any atom is 0.128 e. The molecule has 0 radical (unpaired) electrons. The number of methoxy groups -OCH3 is 2. The summed E-state index contributed by atoms with van der Waals surface area (Å²) < 4.78 is 10.6. The Kier molecular flexibility index (Phi) is 2.74. The molecule has 0 heterocycles. The predicted molar refractivity (Wildman–Crippen MR) is 68.9 cm³/mol. The Balaban J connectivity index is 2.01. The first-order valence-corrected chi connectivity index (χ1v) is 6.62. The average molecular weight is 248 g/mol. The van der Waals surface area contributed by atoms with Crippen molar-refractivity contribution in [1.82, 2.24) is 0 Å². The molecule has 1 aromatic rings. The van der Waals surface area contributed by atoms with Crippen LogP contribution >= 0.6 is 0 Å². The van der Waals surface area contributed by atoms with E-state index in [1.54, 1.807) is 14.2 Å². The van der Waals surface area contributed by atoms with E-state index in [0.29, 0.717) is 11.8 Å². The van der Waals surface area contributed by atoms with Gasteiger partial charge in [-0.15, -0.1) is 0 Å². The van der Waals surface area contributed by atoms with Gasteiger partial charge < -0.3 is 14.6 Å². The van der Waals surface area contributed by atoms with Crippen molar-refractivity contribution in [3.8, 4) is 11.5 Å². The third kappa shape index (κ3) is 1.61. The van der Waals surface area contributed by atoms with E-state index in [-0.39, 0.29) is 0 Å². The number of ether oxygens (including phenoxy) is 2. The maximum atomic E-state index is 11.0. The standard InChI is InChI=1S/C15H20O3/c1-17-12-5-6-13(14(8-12)18-2)15(16)9-10-3-4-11(15)7-10/h5-6,8,10-11,16H,3-4,7,9H2,1-2H3. The Morgan fingerprint density at radius 3 is 2.61 bits per heavy atom. The molecule has 3 rings (SSSR count). The summed E-state index contributed by atoms with van der Waals surface area (Å²) in [7, 11) is 3.29. The van der Waals surface area contributed by atoms with Crippen molar-refractivity contribution in [3.05, 3.63) is 23.8 Å². The average Bonchev–Trinajstić information content (AvgIpc) is 2.98. The van der Waals surface area contributed by atoms with Crippen LogP contribution in [0.15, 0.2) is 18.2 Å². The van der Waals surface area contributed by atoms with Crippen molar-refractivity contribution in [2.75, 3.05) is 14.2 Å². The number of rotatable bonds is 3. The lowest BCUT2D eigenvalue weighted by atomic mass is 9.78. The number of aliphatic hydroxyl groups is 1. The molecule has 98 valence electrons. The lowest BCUT2D eigenvalue weighted by molar-refractivity contribution is -0.0200. The second-order valence-electron chi connectivity index (χ2n) is 5.57. The minimum absolute atomic E-state index is 0.393. The van der Waals surface area contributed by atoms with E-state index in [2.05, 4.69) is 0 Å². The number of hydrogen-bond donors (Lipinski definition) is 1. The van der Waals surface area contributed by atoms with Crippen LogP contribution < -0.4 is 9.47 Å². The van der Waals surface area contributed by atoms with Crippen LogP contribution in [0.1, 0.15) is 31.2 Å². The first-order valence-electron chi connectivity index (χ1n) is 6.62. The molecule has 3 heteroatoms. The minimum Gasteiger partial charge on any atom is -0.497 e. The topological polar surface area (TPSA) is 38.7 Å². The van der Waals surface area contributed by atoms with Gasteiger partial charge in [0.15, 0.2) is 0 Å². The van der Waals surface area contributed by atoms with Gasteiger partial charge in [0, 0.05) is 11.6 Å². The Morgan fingerprint density at radius 2 is 2.06 bits per heavy atom. The number of hydrogen-bond acceptors (Lipinski definition) is 3. The highest BCUT2D eigenvalue weighted by molar-refractivity contribution is 5.45. The minimum atomic E-state index is -0.694. The van der Waals surface area contributed by atoms with E-state index in [4.69, 9.17) is 9.47 Å². The van der Waals surface area contributed by atoms with E-state index in [1.807, 2.05) is 18.2 Å². The Hall–Kier alpha value is -1.22. The van der Waals surface area contributed by atoms with Gasteiger partial charge in [0.25, 0.3) is 0 Å². The summed E-state index contributed by atoms with van der Waals surface area (Å²) in [6.45, 7) is 0. The molecule has 1 N–H and O–H groups in total. The maximum absolute atomic E-state index is 11.0. The fourth-order valence-electron chi connectivity index (χ4n) is 3.79. The first kappa shape index (κ1) is 11.8. The Labute approximate surface area is 108 Å². The summed E-state index contributed by atoms with van der Waals surface area (Å²) in [4.78, 5) is 0. The van der Waals surface area contributed by atoms with Crippen molar-refractivity contribution in [1.29, 1.82) is 0 Å². The molecule has 0 aliphatic heterocycles. The summed E-state index contributed by atoms with van der Waals surface area (Å²) in [5.74, 6) is 2.59. The Morgan fingerprint density at radius 1 is 1.22 bits per heavy atom. The van der Waals surface area contributed by atoms with Gasteiger partial charge in [0.2, 0.25) is 0 Å². The van der Waals surface area contributed by atoms with Crippen LogP contribution in [0.2, 0.25) is 0 Å². The van der Waals surface area contributed by atoms with Crippen molar-refractivity contribution in [2.45, 2.75) is 31.3 Å². The molecule has 0 aromatic heterocycles. The molecule has 2 aliphatic carbocycles. The second-order valence-corrected chi connectivity index (χ2v) is 5.57. The molecule has 1 aromatic carbocycles. The van der Waals surface area contributed by atoms with Gasteiger partial charge in [0.1, 0.15) is 11.5 Å². The number of fused-ring (bicyclic) bond motifs is 2. The van der Waals surface area contributed by atoms with Crippen LogP contribution in [0.5, 0.6) is 11.5 Å². The van der Waals surface area contributed by atoms with E-state index in [9.17, 15) is 5.11 Å². The molecule has 2 aliphatic rings. The van der Waals surface area contributed by atoms with Gasteiger partial charge in [0.05, 0.1) is 19.8 Å². The van der Waals surface area contributed by atoms with E-state index in [1.165, 1.54) is 6.42 Å². The fraction of sp³-hybridized carbons (Fsp3) is 0.600. The third-order valence-corrected chi connectivity index (χ3v) is 4.69. The molecule has 18 heavy (non-hydrogen) atoms. The highest BCUT2D eigenvalue weighted by atomic mass is 16.5. The molecular weight excluding hydrogens is 228 g/mol. The zero-order valence-electron chi connectivity index (χ0n) is 11.0. The molecule has 3 unspecified atom stereocenters. The molecule has 2 fully saturated rings. The zero-order chi connectivity index (χ0) is 12.8. The monoisotopic (exact) mass is 248 g/mol. The van der Waals surface area contributed by atoms with Crippen LogP contribution in [-0.2, 0) is 5.60 Å². The summed E-state index contributed by atoms with van der Waals surface area (Å²) >= 11 is 0. The Bertz CT molecular complexity index is 457. The zero-order valence-corrected chi connectivity index (χ0v) is 11.0. The highest BCUT2D eigenvalue weighted by Gasteiger charge is 2.51. The SMILES string of the molecule is COc1ccc(C2(O)CC3CCC2C3)c(OC)c1. The van der Waals surface area contributed by atoms with Crippen molar-refractivity contribution in [3.63, 3.8) is 0 Å². The van der Waals surface area contributed by atoms with Gasteiger partial charge in [-0.05, 0) is 49.7 Å². The summed E-state index contributed by atoms with van der Waals surface area (Å²) in [5.41, 5.74) is 0.235. The largest absolute Gasteiger partial charge is 0.497 e. The van der Waals surface area contributed by atoms with Crippen LogP contribution in [0.3, 0.4) is 0 Å². The van der Waals surface area contributed by atoms with Crippen molar-refractivity contribution < 1.29 is 14.6 Å². The molecule has 0 saturated heterocycles. The van der Waals surface area contributed by atoms with Crippen molar-refractivity contribution >= 4 is 0 Å². The molecule has 3 atom stereocenters. The van der Waals surface area contributed by atoms with Gasteiger partial charge in [-0.2, -0.15) is 0 Å². The highest BCUT2D eigenvalue weighted by Crippen LogP contribution is 2.57. The summed E-state index contributed by atoms with van der Waals surface area (Å²) in [6, 6.07) is 5.72. The van der Waals surface area contributed by atoms with E-state index in [0.717, 1.165) is 36.3 Å². The van der Waals surface area contributed by atoms with Crippen LogP contribution in [0.25, 0.3) is 0 Å². The van der Waals surface area contributed by atoms with Gasteiger partial charge in [-0.1, -0.05) is 0 Å².